The smallest absolute Gasteiger partial charge is 0.319 e. The molecule has 1 heterocycles. The Morgan fingerprint density at radius 1 is 1.10 bits per heavy atom. The third-order valence-corrected chi connectivity index (χ3v) is 3.48. The molecule has 0 radical (unpaired) electrons. The van der Waals surface area contributed by atoms with Gasteiger partial charge in [-0.25, -0.2) is 0 Å². The molecule has 7 heteroatoms. The van der Waals surface area contributed by atoms with Gasteiger partial charge in [0.25, 0.3) is 0 Å². The largest absolute Gasteiger partial charge is 0.418 e. The first-order valence-corrected chi connectivity index (χ1v) is 6.29. The summed E-state index contributed by atoms with van der Waals surface area (Å²) in [7, 11) is 0. The lowest BCUT2D eigenvalue weighted by Gasteiger charge is -2.17. The van der Waals surface area contributed by atoms with E-state index in [2.05, 4.69) is 4.98 Å². The van der Waals surface area contributed by atoms with E-state index in [0.717, 1.165) is 6.07 Å². The van der Waals surface area contributed by atoms with E-state index in [4.69, 9.17) is 28.9 Å². The molecule has 1 aromatic carbocycles. The van der Waals surface area contributed by atoms with E-state index in [-0.39, 0.29) is 10.7 Å². The molecule has 1 aromatic heterocycles. The molecule has 0 fully saturated rings. The maximum atomic E-state index is 12.9. The van der Waals surface area contributed by atoms with Crippen molar-refractivity contribution in [2.24, 2.45) is 5.73 Å². The fraction of sp³-hybridized carbons (Fsp3) is 0.154. The topological polar surface area (TPSA) is 38.9 Å². The standard InChI is InChI=1S/C13H9Cl2F3N2/c14-9-4-3-7(6-10(9)15)11(19)12-8(13(16,17)18)2-1-5-20-12/h1-6,11H,19H2/t11-/m0/s1. The highest BCUT2D eigenvalue weighted by Crippen LogP contribution is 2.35. The summed E-state index contributed by atoms with van der Waals surface area (Å²) in [5, 5.41) is 0.531. The SMILES string of the molecule is N[C@@H](c1ccc(Cl)c(Cl)c1)c1ncccc1C(F)(F)F. The van der Waals surface area contributed by atoms with Gasteiger partial charge in [-0.2, -0.15) is 13.2 Å². The Morgan fingerprint density at radius 3 is 2.40 bits per heavy atom. The van der Waals surface area contributed by atoms with Gasteiger partial charge in [-0.05, 0) is 29.8 Å². The second-order valence-corrected chi connectivity index (χ2v) is 4.90. The van der Waals surface area contributed by atoms with E-state index in [1.807, 2.05) is 0 Å². The van der Waals surface area contributed by atoms with Gasteiger partial charge in [0.1, 0.15) is 0 Å². The van der Waals surface area contributed by atoms with Gasteiger partial charge in [0.05, 0.1) is 27.3 Å². The van der Waals surface area contributed by atoms with E-state index < -0.39 is 17.8 Å². The van der Waals surface area contributed by atoms with Crippen LogP contribution in [0.25, 0.3) is 0 Å². The van der Waals surface area contributed by atoms with Crippen LogP contribution >= 0.6 is 23.2 Å². The molecule has 0 amide bonds. The van der Waals surface area contributed by atoms with Gasteiger partial charge in [-0.1, -0.05) is 29.3 Å². The first kappa shape index (κ1) is 15.1. The molecule has 0 saturated carbocycles. The van der Waals surface area contributed by atoms with Crippen LogP contribution in [0.2, 0.25) is 10.0 Å². The van der Waals surface area contributed by atoms with E-state index in [1.54, 1.807) is 0 Å². The van der Waals surface area contributed by atoms with Gasteiger partial charge >= 0.3 is 6.18 Å². The van der Waals surface area contributed by atoms with Crippen molar-refractivity contribution in [1.82, 2.24) is 4.98 Å². The highest BCUT2D eigenvalue weighted by Gasteiger charge is 2.35. The highest BCUT2D eigenvalue weighted by atomic mass is 35.5. The third-order valence-electron chi connectivity index (χ3n) is 2.74. The van der Waals surface area contributed by atoms with Gasteiger partial charge in [0, 0.05) is 6.20 Å². The van der Waals surface area contributed by atoms with Crippen molar-refractivity contribution in [3.63, 3.8) is 0 Å². The molecule has 2 nitrogen and oxygen atoms in total. The highest BCUT2D eigenvalue weighted by molar-refractivity contribution is 6.42. The lowest BCUT2D eigenvalue weighted by molar-refractivity contribution is -0.138. The van der Waals surface area contributed by atoms with Crippen LogP contribution in [0.3, 0.4) is 0 Å². The number of halogens is 5. The van der Waals surface area contributed by atoms with Crippen molar-refractivity contribution in [3.05, 3.63) is 63.4 Å². The number of alkyl halides is 3. The minimum Gasteiger partial charge on any atom is -0.319 e. The van der Waals surface area contributed by atoms with Crippen LogP contribution in [0.4, 0.5) is 13.2 Å². The lowest BCUT2D eigenvalue weighted by atomic mass is 10.00. The number of aromatic nitrogens is 1. The van der Waals surface area contributed by atoms with Crippen LogP contribution in [0.15, 0.2) is 36.5 Å². The summed E-state index contributed by atoms with van der Waals surface area (Å²) >= 11 is 11.6. The summed E-state index contributed by atoms with van der Waals surface area (Å²) in [5.41, 5.74) is 5.16. The van der Waals surface area contributed by atoms with Gasteiger partial charge in [0.15, 0.2) is 0 Å². The molecule has 0 aliphatic heterocycles. The average Bonchev–Trinajstić information content (AvgIpc) is 2.40. The fourth-order valence-corrected chi connectivity index (χ4v) is 2.08. The molecule has 2 N–H and O–H groups in total. The molecule has 0 unspecified atom stereocenters. The molecule has 1 atom stereocenters. The molecular formula is C13H9Cl2F3N2. The van der Waals surface area contributed by atoms with Crippen LogP contribution in [-0.2, 0) is 6.18 Å². The minimum absolute atomic E-state index is 0.226. The monoisotopic (exact) mass is 320 g/mol. The molecular weight excluding hydrogens is 312 g/mol. The number of rotatable bonds is 2. The Hall–Kier alpha value is -1.30. The second-order valence-electron chi connectivity index (χ2n) is 4.09. The van der Waals surface area contributed by atoms with Crippen LogP contribution in [0.5, 0.6) is 0 Å². The zero-order valence-corrected chi connectivity index (χ0v) is 11.5. The number of pyridine rings is 1. The maximum Gasteiger partial charge on any atom is 0.418 e. The maximum absolute atomic E-state index is 12.9. The Labute approximate surface area is 123 Å². The lowest BCUT2D eigenvalue weighted by Crippen LogP contribution is -2.20. The second kappa shape index (κ2) is 5.60. The minimum atomic E-state index is -4.52. The molecule has 0 saturated heterocycles. The van der Waals surface area contributed by atoms with Crippen molar-refractivity contribution in [2.45, 2.75) is 12.2 Å². The summed E-state index contributed by atoms with van der Waals surface area (Å²) in [6, 6.07) is 5.56. The quantitative estimate of drug-likeness (QED) is 0.887. The van der Waals surface area contributed by atoms with Crippen LogP contribution in [0.1, 0.15) is 22.9 Å². The molecule has 0 spiro atoms. The number of benzene rings is 1. The first-order chi connectivity index (χ1) is 9.30. The van der Waals surface area contributed by atoms with Gasteiger partial charge in [0.2, 0.25) is 0 Å². The molecule has 0 aliphatic rings. The van der Waals surface area contributed by atoms with Crippen molar-refractivity contribution < 1.29 is 13.2 Å². The normalized spacial score (nSPS) is 13.3. The fourth-order valence-electron chi connectivity index (χ4n) is 1.77. The first-order valence-electron chi connectivity index (χ1n) is 5.53. The molecule has 106 valence electrons. The Kier molecular flexibility index (Phi) is 4.22. The van der Waals surface area contributed by atoms with Gasteiger partial charge < -0.3 is 5.73 Å². The summed E-state index contributed by atoms with van der Waals surface area (Å²) in [4.78, 5) is 3.75. The predicted octanol–water partition coefficient (Wildman–Crippen LogP) is 4.46. The Balaban J connectivity index is 2.48. The van der Waals surface area contributed by atoms with Crippen molar-refractivity contribution in [1.29, 1.82) is 0 Å². The van der Waals surface area contributed by atoms with Gasteiger partial charge in [-0.15, -0.1) is 0 Å². The van der Waals surface area contributed by atoms with E-state index in [0.29, 0.717) is 10.6 Å². The molecule has 0 bridgehead atoms. The molecule has 2 rings (SSSR count). The summed E-state index contributed by atoms with van der Waals surface area (Å²) in [5.74, 6) is 0. The zero-order valence-electron chi connectivity index (χ0n) is 9.96. The predicted molar refractivity (Wildman–Crippen MR) is 71.7 cm³/mol. The van der Waals surface area contributed by atoms with Crippen molar-refractivity contribution in [2.75, 3.05) is 0 Å². The molecule has 0 aliphatic carbocycles. The number of hydrogen-bond acceptors (Lipinski definition) is 2. The number of nitrogens with two attached hydrogens (primary N) is 1. The number of hydrogen-bond donors (Lipinski definition) is 1. The van der Waals surface area contributed by atoms with E-state index in [1.165, 1.54) is 30.5 Å². The van der Waals surface area contributed by atoms with E-state index >= 15 is 0 Å². The zero-order chi connectivity index (χ0) is 14.9. The Bertz CT molecular complexity index is 629. The van der Waals surface area contributed by atoms with Crippen molar-refractivity contribution in [3.8, 4) is 0 Å². The molecule has 20 heavy (non-hydrogen) atoms. The third kappa shape index (κ3) is 3.06. The van der Waals surface area contributed by atoms with E-state index in [9.17, 15) is 13.2 Å². The van der Waals surface area contributed by atoms with Gasteiger partial charge in [-0.3, -0.25) is 4.98 Å². The average molecular weight is 321 g/mol. The van der Waals surface area contributed by atoms with Crippen molar-refractivity contribution >= 4 is 23.2 Å². The molecule has 2 aromatic rings. The summed E-state index contributed by atoms with van der Waals surface area (Å²) in [6.07, 6.45) is -3.25. The number of nitrogens with zero attached hydrogens (tertiary/aromatic N) is 1. The van der Waals surface area contributed by atoms with Crippen LogP contribution in [-0.4, -0.2) is 4.98 Å². The van der Waals surface area contributed by atoms with Crippen LogP contribution < -0.4 is 5.73 Å². The summed E-state index contributed by atoms with van der Waals surface area (Å²) < 4.78 is 38.8. The summed E-state index contributed by atoms with van der Waals surface area (Å²) in [6.45, 7) is 0. The Morgan fingerprint density at radius 2 is 1.80 bits per heavy atom. The van der Waals surface area contributed by atoms with Crippen LogP contribution in [0, 0.1) is 0 Å².